The van der Waals surface area contributed by atoms with Crippen molar-refractivity contribution in [3.63, 3.8) is 0 Å². The highest BCUT2D eigenvalue weighted by Gasteiger charge is 2.30. The first-order chi connectivity index (χ1) is 18.4. The quantitative estimate of drug-likeness (QED) is 0.382. The molecule has 39 heavy (non-hydrogen) atoms. The van der Waals surface area contributed by atoms with E-state index in [9.17, 15) is 26.9 Å². The number of hydrogen-bond acceptors (Lipinski definition) is 5. The summed E-state index contributed by atoms with van der Waals surface area (Å²) in [6, 6.07) is 12.9. The molecule has 0 spiro atoms. The number of aryl methyl sites for hydroxylation is 1. The highest BCUT2D eigenvalue weighted by molar-refractivity contribution is 7.91. The molecule has 0 amide bonds. The second kappa shape index (κ2) is 11.3. The van der Waals surface area contributed by atoms with Gasteiger partial charge in [0.05, 0.1) is 52.8 Å². The number of halogens is 3. The average Bonchev–Trinajstić information content (AvgIpc) is 3.21. The number of hydrogen-bond donors (Lipinski definition) is 1. The van der Waals surface area contributed by atoms with E-state index in [0.717, 1.165) is 18.4 Å². The summed E-state index contributed by atoms with van der Waals surface area (Å²) >= 11 is 0. The van der Waals surface area contributed by atoms with Crippen LogP contribution in [0.2, 0.25) is 0 Å². The number of rotatable bonds is 7. The molecule has 1 aromatic carbocycles. The summed E-state index contributed by atoms with van der Waals surface area (Å²) in [7, 11) is -2.90. The molecular formula is C29H31F3N4O2S. The Bertz CT molecular complexity index is 1530. The number of sulfone groups is 1. The Balaban J connectivity index is 1.47. The van der Waals surface area contributed by atoms with Crippen molar-refractivity contribution in [1.82, 2.24) is 9.55 Å². The summed E-state index contributed by atoms with van der Waals surface area (Å²) in [5.74, 6) is 6.59. The lowest BCUT2D eigenvalue weighted by Crippen LogP contribution is -2.23. The van der Waals surface area contributed by atoms with Crippen molar-refractivity contribution in [2.24, 2.45) is 5.92 Å². The summed E-state index contributed by atoms with van der Waals surface area (Å²) < 4.78 is 64.7. The zero-order valence-electron chi connectivity index (χ0n) is 22.0. The van der Waals surface area contributed by atoms with Crippen LogP contribution in [0.3, 0.4) is 0 Å². The van der Waals surface area contributed by atoms with Crippen LogP contribution in [0.5, 0.6) is 0 Å². The van der Waals surface area contributed by atoms with Crippen LogP contribution in [0.15, 0.2) is 42.6 Å². The van der Waals surface area contributed by atoms with E-state index in [2.05, 4.69) is 28.2 Å². The van der Waals surface area contributed by atoms with Crippen molar-refractivity contribution in [3.05, 3.63) is 59.5 Å². The van der Waals surface area contributed by atoms with Gasteiger partial charge >= 0.3 is 6.18 Å². The van der Waals surface area contributed by atoms with E-state index in [1.807, 2.05) is 12.1 Å². The van der Waals surface area contributed by atoms with Gasteiger partial charge in [0.25, 0.3) is 0 Å². The standard InChI is InChI=1S/C29H31F3N4O2S/c1-28(2,19-33)27-10-8-24(18-35-27)34-13-3-4-25-17-23-16-22(6-5-21-11-14-39(37,38)15-12-21)7-9-26(23)36(25)20-29(30,31)32/h7-10,16-18,21,34H,5-6,11-15,20H2,1-2H3. The molecule has 3 aromatic rings. The van der Waals surface area contributed by atoms with Crippen molar-refractivity contribution in [1.29, 1.82) is 5.26 Å². The van der Waals surface area contributed by atoms with Crippen LogP contribution in [0.25, 0.3) is 10.9 Å². The van der Waals surface area contributed by atoms with Gasteiger partial charge in [0.15, 0.2) is 0 Å². The number of nitrogens with zero attached hydrogens (tertiary/aromatic N) is 3. The molecule has 0 atom stereocenters. The molecule has 3 heterocycles. The maximum atomic E-state index is 13.4. The third kappa shape index (κ3) is 7.54. The Hall–Kier alpha value is -3.50. The maximum absolute atomic E-state index is 13.4. The molecule has 1 aliphatic heterocycles. The second-order valence-electron chi connectivity index (χ2n) is 10.6. The second-order valence-corrected chi connectivity index (χ2v) is 12.9. The Morgan fingerprint density at radius 2 is 1.87 bits per heavy atom. The molecule has 10 heteroatoms. The molecule has 1 N–H and O–H groups in total. The largest absolute Gasteiger partial charge is 0.406 e. The number of nitriles is 1. The number of aromatic nitrogens is 2. The Morgan fingerprint density at radius 1 is 1.13 bits per heavy atom. The van der Waals surface area contributed by atoms with Crippen molar-refractivity contribution in [3.8, 4) is 17.9 Å². The Labute approximate surface area is 227 Å². The minimum Gasteiger partial charge on any atom is -0.373 e. The third-order valence-electron chi connectivity index (χ3n) is 7.10. The smallest absolute Gasteiger partial charge is 0.373 e. The molecular weight excluding hydrogens is 525 g/mol. The highest BCUT2D eigenvalue weighted by atomic mass is 32.2. The molecule has 6 nitrogen and oxygen atoms in total. The van der Waals surface area contributed by atoms with Gasteiger partial charge in [-0.15, -0.1) is 0 Å². The van der Waals surface area contributed by atoms with Crippen LogP contribution >= 0.6 is 0 Å². The number of benzene rings is 1. The fourth-order valence-electron chi connectivity index (χ4n) is 4.73. The molecule has 1 saturated heterocycles. The van der Waals surface area contributed by atoms with E-state index in [1.165, 1.54) is 4.57 Å². The fraction of sp³-hybridized carbons (Fsp3) is 0.448. The predicted octanol–water partition coefficient (Wildman–Crippen LogP) is 5.62. The lowest BCUT2D eigenvalue weighted by Gasteiger charge is -2.21. The van der Waals surface area contributed by atoms with E-state index in [1.54, 1.807) is 44.3 Å². The van der Waals surface area contributed by atoms with E-state index < -0.39 is 28.0 Å². The number of fused-ring (bicyclic) bond motifs is 1. The SMILES string of the molecule is CC(C)(C#N)c1ccc(NCC#Cc2cc3cc(CCC4CCS(=O)(=O)CC4)ccc3n2CC(F)(F)F)cn1. The number of anilines is 1. The molecule has 4 rings (SSSR count). The minimum atomic E-state index is -4.40. The van der Waals surface area contributed by atoms with Gasteiger partial charge in [-0.1, -0.05) is 12.0 Å². The molecule has 2 aromatic heterocycles. The van der Waals surface area contributed by atoms with Crippen LogP contribution < -0.4 is 5.32 Å². The summed E-state index contributed by atoms with van der Waals surface area (Å²) in [5, 5.41) is 13.0. The first-order valence-corrected chi connectivity index (χ1v) is 14.7. The van der Waals surface area contributed by atoms with Crippen molar-refractivity contribution >= 4 is 26.4 Å². The molecule has 0 saturated carbocycles. The molecule has 0 bridgehead atoms. The van der Waals surface area contributed by atoms with Crippen LogP contribution in [0, 0.1) is 29.1 Å². The molecule has 206 valence electrons. The lowest BCUT2D eigenvalue weighted by atomic mass is 9.91. The minimum absolute atomic E-state index is 0.207. The van der Waals surface area contributed by atoms with Crippen molar-refractivity contribution in [2.75, 3.05) is 23.4 Å². The van der Waals surface area contributed by atoms with Gasteiger partial charge in [0, 0.05) is 10.9 Å². The monoisotopic (exact) mass is 556 g/mol. The highest BCUT2D eigenvalue weighted by Crippen LogP contribution is 2.28. The van der Waals surface area contributed by atoms with E-state index in [0.29, 0.717) is 41.0 Å². The molecule has 0 unspecified atom stereocenters. The first kappa shape index (κ1) is 28.5. The lowest BCUT2D eigenvalue weighted by molar-refractivity contribution is -0.140. The number of pyridine rings is 1. The van der Waals surface area contributed by atoms with Crippen LogP contribution in [0.4, 0.5) is 18.9 Å². The number of alkyl halides is 3. The van der Waals surface area contributed by atoms with Gasteiger partial charge in [-0.3, -0.25) is 4.98 Å². The number of nitrogens with one attached hydrogen (secondary N) is 1. The van der Waals surface area contributed by atoms with Gasteiger partial charge in [-0.25, -0.2) is 8.42 Å². The molecule has 0 aliphatic carbocycles. The summed E-state index contributed by atoms with van der Waals surface area (Å²) in [4.78, 5) is 4.31. The van der Waals surface area contributed by atoms with Gasteiger partial charge in [0.2, 0.25) is 0 Å². The molecule has 1 aliphatic rings. The molecule has 1 fully saturated rings. The van der Waals surface area contributed by atoms with Crippen LogP contribution in [0.1, 0.15) is 50.1 Å². The summed E-state index contributed by atoms with van der Waals surface area (Å²) in [5.41, 5.74) is 2.39. The van der Waals surface area contributed by atoms with Gasteiger partial charge in [-0.05, 0) is 87.3 Å². The average molecular weight is 557 g/mol. The molecule has 0 radical (unpaired) electrons. The van der Waals surface area contributed by atoms with Crippen molar-refractivity contribution < 1.29 is 21.6 Å². The van der Waals surface area contributed by atoms with Crippen LogP contribution in [-0.2, 0) is 28.2 Å². The van der Waals surface area contributed by atoms with Crippen molar-refractivity contribution in [2.45, 2.75) is 57.7 Å². The van der Waals surface area contributed by atoms with Gasteiger partial charge in [0.1, 0.15) is 16.4 Å². The Kier molecular flexibility index (Phi) is 8.27. The van der Waals surface area contributed by atoms with E-state index in [4.69, 9.17) is 0 Å². The summed E-state index contributed by atoms with van der Waals surface area (Å²) in [6.45, 7) is 2.63. The third-order valence-corrected chi connectivity index (χ3v) is 8.81. The topological polar surface area (TPSA) is 87.8 Å². The van der Waals surface area contributed by atoms with Gasteiger partial charge in [-0.2, -0.15) is 18.4 Å². The first-order valence-electron chi connectivity index (χ1n) is 12.9. The fourth-order valence-corrected chi connectivity index (χ4v) is 6.32. The Morgan fingerprint density at radius 3 is 2.51 bits per heavy atom. The van der Waals surface area contributed by atoms with E-state index >= 15 is 0 Å². The summed E-state index contributed by atoms with van der Waals surface area (Å²) in [6.07, 6.45) is 0.132. The van der Waals surface area contributed by atoms with Crippen LogP contribution in [-0.4, -0.2) is 42.2 Å². The van der Waals surface area contributed by atoms with Gasteiger partial charge < -0.3 is 9.88 Å². The predicted molar refractivity (Wildman–Crippen MR) is 146 cm³/mol. The normalized spacial score (nSPS) is 15.9. The zero-order chi connectivity index (χ0) is 28.3. The maximum Gasteiger partial charge on any atom is 0.406 e. The zero-order valence-corrected chi connectivity index (χ0v) is 22.8. The van der Waals surface area contributed by atoms with E-state index in [-0.39, 0.29) is 23.7 Å².